The highest BCUT2D eigenvalue weighted by Gasteiger charge is 2.12. The Kier molecular flexibility index (Phi) is 4.08. The lowest BCUT2D eigenvalue weighted by atomic mass is 9.97. The number of carbonyl (C=O) groups is 1. The number of hydrogen-bond donors (Lipinski definition) is 0. The summed E-state index contributed by atoms with van der Waals surface area (Å²) >= 11 is 0. The normalized spacial score (nSPS) is 10.2. The molecule has 0 saturated heterocycles. The number of ketones is 1. The van der Waals surface area contributed by atoms with Gasteiger partial charge in [-0.05, 0) is 31.0 Å². The molecule has 0 fully saturated rings. The summed E-state index contributed by atoms with van der Waals surface area (Å²) in [5.41, 5.74) is 3.81. The number of Topliss-reactive ketones (excluding diaryl/α,β-unsaturated/α-hetero) is 1. The monoisotopic (exact) mass is 270 g/mol. The summed E-state index contributed by atoms with van der Waals surface area (Å²) < 4.78 is 10.7. The van der Waals surface area contributed by atoms with Gasteiger partial charge in [0.2, 0.25) is 0 Å². The predicted octanol–water partition coefficient (Wildman–Crippen LogP) is 3.88. The third kappa shape index (κ3) is 2.67. The first kappa shape index (κ1) is 14.1. The predicted molar refractivity (Wildman–Crippen MR) is 79.7 cm³/mol. The van der Waals surface area contributed by atoms with Crippen LogP contribution in [0.25, 0.3) is 11.1 Å². The van der Waals surface area contributed by atoms with E-state index in [0.29, 0.717) is 5.56 Å². The molecule has 0 aromatic heterocycles. The molecule has 104 valence electrons. The second-order valence-corrected chi connectivity index (χ2v) is 4.66. The molecule has 3 nitrogen and oxygen atoms in total. The summed E-state index contributed by atoms with van der Waals surface area (Å²) in [6, 6.07) is 11.4. The first-order valence-electron chi connectivity index (χ1n) is 6.40. The second kappa shape index (κ2) is 5.78. The molecule has 0 aliphatic heterocycles. The third-order valence-corrected chi connectivity index (χ3v) is 3.31. The minimum atomic E-state index is 0.0648. The average molecular weight is 270 g/mol. The van der Waals surface area contributed by atoms with E-state index >= 15 is 0 Å². The van der Waals surface area contributed by atoms with Crippen LogP contribution in [0.1, 0.15) is 22.8 Å². The summed E-state index contributed by atoms with van der Waals surface area (Å²) in [6.07, 6.45) is 0. The Hall–Kier alpha value is -2.29. The first-order chi connectivity index (χ1) is 9.56. The molecule has 0 spiro atoms. The van der Waals surface area contributed by atoms with Crippen LogP contribution in [0.4, 0.5) is 0 Å². The van der Waals surface area contributed by atoms with E-state index in [2.05, 4.69) is 0 Å². The van der Waals surface area contributed by atoms with Crippen molar-refractivity contribution in [1.82, 2.24) is 0 Å². The zero-order valence-corrected chi connectivity index (χ0v) is 12.2. The van der Waals surface area contributed by atoms with Crippen LogP contribution < -0.4 is 9.47 Å². The van der Waals surface area contributed by atoms with Gasteiger partial charge in [-0.3, -0.25) is 4.79 Å². The van der Waals surface area contributed by atoms with Crippen molar-refractivity contribution in [2.45, 2.75) is 13.8 Å². The lowest BCUT2D eigenvalue weighted by Crippen LogP contribution is -1.95. The maximum absolute atomic E-state index is 11.3. The molecule has 3 heteroatoms. The Bertz CT molecular complexity index is 627. The molecule has 0 heterocycles. The van der Waals surface area contributed by atoms with Crippen molar-refractivity contribution in [1.29, 1.82) is 0 Å². The lowest BCUT2D eigenvalue weighted by Gasteiger charge is -2.14. The van der Waals surface area contributed by atoms with E-state index in [9.17, 15) is 4.79 Å². The fourth-order valence-corrected chi connectivity index (χ4v) is 2.24. The van der Waals surface area contributed by atoms with Crippen LogP contribution in [0.2, 0.25) is 0 Å². The molecule has 20 heavy (non-hydrogen) atoms. The van der Waals surface area contributed by atoms with Gasteiger partial charge in [-0.25, -0.2) is 0 Å². The van der Waals surface area contributed by atoms with Crippen LogP contribution in [0.3, 0.4) is 0 Å². The van der Waals surface area contributed by atoms with Crippen molar-refractivity contribution in [2.75, 3.05) is 14.2 Å². The maximum atomic E-state index is 11.3. The first-order valence-corrected chi connectivity index (χ1v) is 6.40. The SMILES string of the molecule is COc1cc(C)c(-c2ccc(C(C)=O)cc2)c(OC)c1. The van der Waals surface area contributed by atoms with Crippen molar-refractivity contribution in [3.8, 4) is 22.6 Å². The highest BCUT2D eigenvalue weighted by Crippen LogP contribution is 2.36. The lowest BCUT2D eigenvalue weighted by molar-refractivity contribution is 0.101. The molecule has 2 aromatic carbocycles. The van der Waals surface area contributed by atoms with Crippen LogP contribution in [0.15, 0.2) is 36.4 Å². The van der Waals surface area contributed by atoms with Gasteiger partial charge in [-0.15, -0.1) is 0 Å². The van der Waals surface area contributed by atoms with Crippen molar-refractivity contribution < 1.29 is 14.3 Å². The largest absolute Gasteiger partial charge is 0.497 e. The molecule has 0 amide bonds. The second-order valence-electron chi connectivity index (χ2n) is 4.66. The summed E-state index contributed by atoms with van der Waals surface area (Å²) in [4.78, 5) is 11.3. The molecule has 2 rings (SSSR count). The highest BCUT2D eigenvalue weighted by atomic mass is 16.5. The van der Waals surface area contributed by atoms with Crippen LogP contribution in [0.5, 0.6) is 11.5 Å². The minimum Gasteiger partial charge on any atom is -0.497 e. The van der Waals surface area contributed by atoms with Gasteiger partial charge in [0.25, 0.3) is 0 Å². The molecule has 0 bridgehead atoms. The van der Waals surface area contributed by atoms with Gasteiger partial charge in [0.15, 0.2) is 5.78 Å². The Morgan fingerprint density at radius 2 is 1.65 bits per heavy atom. The number of carbonyl (C=O) groups excluding carboxylic acids is 1. The standard InChI is InChI=1S/C17H18O3/c1-11-9-15(19-3)10-16(20-4)17(11)14-7-5-13(6-8-14)12(2)18/h5-10H,1-4H3. The highest BCUT2D eigenvalue weighted by molar-refractivity contribution is 5.94. The Morgan fingerprint density at radius 1 is 1.00 bits per heavy atom. The third-order valence-electron chi connectivity index (χ3n) is 3.31. The fraction of sp³-hybridized carbons (Fsp3) is 0.235. The Balaban J connectivity index is 2.53. The van der Waals surface area contributed by atoms with Crippen molar-refractivity contribution in [3.05, 3.63) is 47.5 Å². The summed E-state index contributed by atoms with van der Waals surface area (Å²) in [6.45, 7) is 3.58. The van der Waals surface area contributed by atoms with Crippen LogP contribution in [-0.2, 0) is 0 Å². The van der Waals surface area contributed by atoms with Crippen molar-refractivity contribution in [3.63, 3.8) is 0 Å². The number of ether oxygens (including phenoxy) is 2. The van der Waals surface area contributed by atoms with Gasteiger partial charge in [0.05, 0.1) is 14.2 Å². The summed E-state index contributed by atoms with van der Waals surface area (Å²) in [5, 5.41) is 0. The zero-order chi connectivity index (χ0) is 14.7. The van der Waals surface area contributed by atoms with Crippen LogP contribution >= 0.6 is 0 Å². The number of benzene rings is 2. The molecule has 0 unspecified atom stereocenters. The van der Waals surface area contributed by atoms with E-state index in [1.807, 2.05) is 43.3 Å². The molecule has 0 aliphatic rings. The smallest absolute Gasteiger partial charge is 0.159 e. The molecule has 0 aliphatic carbocycles. The molecule has 0 radical (unpaired) electrons. The van der Waals surface area contributed by atoms with Crippen molar-refractivity contribution >= 4 is 5.78 Å². The number of methoxy groups -OCH3 is 2. The van der Waals surface area contributed by atoms with Gasteiger partial charge >= 0.3 is 0 Å². The van der Waals surface area contributed by atoms with Gasteiger partial charge in [-0.1, -0.05) is 24.3 Å². The number of hydrogen-bond acceptors (Lipinski definition) is 3. The van der Waals surface area contributed by atoms with Gasteiger partial charge in [-0.2, -0.15) is 0 Å². The van der Waals surface area contributed by atoms with Crippen LogP contribution in [0, 0.1) is 6.92 Å². The van der Waals surface area contributed by atoms with Crippen molar-refractivity contribution in [2.24, 2.45) is 0 Å². The van der Waals surface area contributed by atoms with Crippen LogP contribution in [-0.4, -0.2) is 20.0 Å². The van der Waals surface area contributed by atoms with E-state index in [4.69, 9.17) is 9.47 Å². The van der Waals surface area contributed by atoms with E-state index in [1.165, 1.54) is 0 Å². The molecule has 0 N–H and O–H groups in total. The van der Waals surface area contributed by atoms with Gasteiger partial charge in [0, 0.05) is 17.2 Å². The van der Waals surface area contributed by atoms with E-state index < -0.39 is 0 Å². The van der Waals surface area contributed by atoms with E-state index in [1.54, 1.807) is 21.1 Å². The molecule has 0 atom stereocenters. The Morgan fingerprint density at radius 3 is 2.15 bits per heavy atom. The molecule has 0 saturated carbocycles. The Labute approximate surface area is 119 Å². The molecule has 2 aromatic rings. The summed E-state index contributed by atoms with van der Waals surface area (Å²) in [7, 11) is 3.27. The number of aryl methyl sites for hydroxylation is 1. The van der Waals surface area contributed by atoms with Gasteiger partial charge in [0.1, 0.15) is 11.5 Å². The van der Waals surface area contributed by atoms with Gasteiger partial charge < -0.3 is 9.47 Å². The molecular formula is C17H18O3. The number of rotatable bonds is 4. The average Bonchev–Trinajstić information content (AvgIpc) is 2.46. The van der Waals surface area contributed by atoms with E-state index in [-0.39, 0.29) is 5.78 Å². The van der Waals surface area contributed by atoms with E-state index in [0.717, 1.165) is 28.2 Å². The topological polar surface area (TPSA) is 35.5 Å². The minimum absolute atomic E-state index is 0.0648. The maximum Gasteiger partial charge on any atom is 0.159 e. The molecular weight excluding hydrogens is 252 g/mol. The quantitative estimate of drug-likeness (QED) is 0.791. The zero-order valence-electron chi connectivity index (χ0n) is 12.2. The summed E-state index contributed by atoms with van der Waals surface area (Å²) in [5.74, 6) is 1.59. The fourth-order valence-electron chi connectivity index (χ4n) is 2.24.